The number of hydrogen-bond acceptors (Lipinski definition) is 4. The van der Waals surface area contributed by atoms with Crippen molar-refractivity contribution in [1.82, 2.24) is 14.3 Å². The van der Waals surface area contributed by atoms with Crippen LogP contribution in [0.2, 0.25) is 0 Å². The number of fused-ring (bicyclic) bond motifs is 1. The molecule has 1 fully saturated rings. The molecule has 1 atom stereocenters. The highest BCUT2D eigenvalue weighted by Crippen LogP contribution is 2.46. The van der Waals surface area contributed by atoms with E-state index in [1.807, 2.05) is 23.1 Å². The Bertz CT molecular complexity index is 1310. The molecule has 2 heterocycles. The van der Waals surface area contributed by atoms with Crippen LogP contribution < -0.4 is 4.90 Å². The van der Waals surface area contributed by atoms with E-state index < -0.39 is 21.6 Å². The van der Waals surface area contributed by atoms with Crippen molar-refractivity contribution in [1.29, 1.82) is 0 Å². The zero-order valence-corrected chi connectivity index (χ0v) is 20.2. The molecule has 0 amide bonds. The number of benzene rings is 2. The van der Waals surface area contributed by atoms with Crippen LogP contribution in [-0.2, 0) is 29.5 Å². The van der Waals surface area contributed by atoms with E-state index in [1.54, 1.807) is 18.3 Å². The van der Waals surface area contributed by atoms with E-state index in [4.69, 9.17) is 0 Å². The number of sulfonamides is 1. The standard InChI is InChI=1S/C25H26F4N4O2S/c26-19-9-4-17(5-10-19)6-11-21-14-32(36(34,35)25(27,28)29)15-23-22(18-7-8-18)2-1-3-24(23)33(21)13-20-12-30-16-31-20/h1-5,9-10,12,16,18,21H,6-8,11,13-15H2,(H,30,31)/t21-/m0/s1. The number of hydrogen-bond donors (Lipinski definition) is 1. The van der Waals surface area contributed by atoms with Crippen molar-refractivity contribution in [2.45, 2.75) is 56.2 Å². The molecule has 192 valence electrons. The second-order valence-corrected chi connectivity index (χ2v) is 11.3. The number of H-pyrrole nitrogens is 1. The van der Waals surface area contributed by atoms with Gasteiger partial charge in [-0.1, -0.05) is 24.3 Å². The van der Waals surface area contributed by atoms with Crippen LogP contribution in [0.5, 0.6) is 0 Å². The second-order valence-electron chi connectivity index (χ2n) is 9.39. The zero-order valence-electron chi connectivity index (χ0n) is 19.4. The number of halogens is 4. The van der Waals surface area contributed by atoms with E-state index in [2.05, 4.69) is 9.97 Å². The fourth-order valence-corrected chi connectivity index (χ4v) is 5.87. The van der Waals surface area contributed by atoms with Crippen molar-refractivity contribution >= 4 is 15.7 Å². The van der Waals surface area contributed by atoms with Crippen molar-refractivity contribution in [3.05, 3.63) is 83.2 Å². The summed E-state index contributed by atoms with van der Waals surface area (Å²) in [5.74, 6) is -0.154. The Hall–Kier alpha value is -2.92. The Morgan fingerprint density at radius 3 is 2.47 bits per heavy atom. The normalized spacial score (nSPS) is 19.2. The minimum atomic E-state index is -5.56. The lowest BCUT2D eigenvalue weighted by Gasteiger charge is -2.34. The second kappa shape index (κ2) is 9.51. The molecular weight excluding hydrogens is 496 g/mol. The van der Waals surface area contributed by atoms with E-state index in [9.17, 15) is 26.0 Å². The number of aromatic amines is 1. The molecule has 2 aliphatic rings. The third-order valence-electron chi connectivity index (χ3n) is 6.91. The molecule has 1 aliphatic carbocycles. The van der Waals surface area contributed by atoms with Gasteiger partial charge < -0.3 is 9.88 Å². The lowest BCUT2D eigenvalue weighted by atomic mass is 9.99. The van der Waals surface area contributed by atoms with Gasteiger partial charge in [-0.3, -0.25) is 0 Å². The highest BCUT2D eigenvalue weighted by atomic mass is 32.2. The summed E-state index contributed by atoms with van der Waals surface area (Å²) < 4.78 is 80.5. The lowest BCUT2D eigenvalue weighted by Crippen LogP contribution is -2.47. The highest BCUT2D eigenvalue weighted by molar-refractivity contribution is 7.89. The zero-order chi connectivity index (χ0) is 25.5. The molecule has 0 bridgehead atoms. The summed E-state index contributed by atoms with van der Waals surface area (Å²) in [5.41, 5.74) is -1.56. The van der Waals surface area contributed by atoms with Crippen LogP contribution >= 0.6 is 0 Å². The fraction of sp³-hybridized carbons (Fsp3) is 0.400. The van der Waals surface area contributed by atoms with Gasteiger partial charge in [0.1, 0.15) is 5.82 Å². The summed E-state index contributed by atoms with van der Waals surface area (Å²) >= 11 is 0. The van der Waals surface area contributed by atoms with E-state index in [0.29, 0.717) is 29.3 Å². The predicted octanol–water partition coefficient (Wildman–Crippen LogP) is 5.10. The predicted molar refractivity (Wildman–Crippen MR) is 127 cm³/mol. The molecule has 6 nitrogen and oxygen atoms in total. The van der Waals surface area contributed by atoms with Crippen molar-refractivity contribution in [2.75, 3.05) is 11.4 Å². The average Bonchev–Trinajstić information content (AvgIpc) is 3.58. The minimum Gasteiger partial charge on any atom is -0.361 e. The quantitative estimate of drug-likeness (QED) is 0.439. The number of aromatic nitrogens is 2. The molecule has 2 aromatic carbocycles. The minimum absolute atomic E-state index is 0.222. The number of aryl methyl sites for hydroxylation is 1. The average molecular weight is 523 g/mol. The van der Waals surface area contributed by atoms with Gasteiger partial charge in [-0.15, -0.1) is 0 Å². The first kappa shape index (κ1) is 24.8. The summed E-state index contributed by atoms with van der Waals surface area (Å²) in [6.45, 7) is -0.332. The molecule has 0 unspecified atom stereocenters. The van der Waals surface area contributed by atoms with Crippen LogP contribution in [0.15, 0.2) is 55.0 Å². The Morgan fingerprint density at radius 1 is 1.08 bits per heavy atom. The largest absolute Gasteiger partial charge is 0.511 e. The molecule has 1 aliphatic heterocycles. The number of nitrogens with one attached hydrogen (secondary N) is 1. The molecule has 1 N–H and O–H groups in total. The first-order valence-corrected chi connectivity index (χ1v) is 13.2. The van der Waals surface area contributed by atoms with Gasteiger partial charge in [0.2, 0.25) is 0 Å². The first-order chi connectivity index (χ1) is 17.1. The van der Waals surface area contributed by atoms with Crippen LogP contribution in [0.3, 0.4) is 0 Å². The molecule has 3 aromatic rings. The van der Waals surface area contributed by atoms with Crippen LogP contribution in [0.25, 0.3) is 0 Å². The number of anilines is 1. The van der Waals surface area contributed by atoms with Crippen molar-refractivity contribution in [2.24, 2.45) is 0 Å². The van der Waals surface area contributed by atoms with Gasteiger partial charge in [0, 0.05) is 31.0 Å². The summed E-state index contributed by atoms with van der Waals surface area (Å²) in [7, 11) is -5.56. The van der Waals surface area contributed by atoms with Crippen molar-refractivity contribution in [3.63, 3.8) is 0 Å². The van der Waals surface area contributed by atoms with E-state index >= 15 is 0 Å². The van der Waals surface area contributed by atoms with Crippen LogP contribution in [-0.4, -0.2) is 40.8 Å². The summed E-state index contributed by atoms with van der Waals surface area (Å²) in [6, 6.07) is 11.0. The van der Waals surface area contributed by atoms with Crippen molar-refractivity contribution in [3.8, 4) is 0 Å². The van der Waals surface area contributed by atoms with Gasteiger partial charge >= 0.3 is 15.5 Å². The Kier molecular flexibility index (Phi) is 6.54. The maximum atomic E-state index is 13.7. The van der Waals surface area contributed by atoms with Crippen molar-refractivity contribution < 1.29 is 26.0 Å². The van der Waals surface area contributed by atoms with Crippen LogP contribution in [0, 0.1) is 5.82 Å². The van der Waals surface area contributed by atoms with E-state index in [0.717, 1.165) is 35.3 Å². The summed E-state index contributed by atoms with van der Waals surface area (Å²) in [5, 5.41) is 0. The van der Waals surface area contributed by atoms with E-state index in [-0.39, 0.29) is 24.8 Å². The molecule has 0 spiro atoms. The van der Waals surface area contributed by atoms with Gasteiger partial charge in [-0.2, -0.15) is 17.5 Å². The molecule has 5 rings (SSSR count). The van der Waals surface area contributed by atoms with Gasteiger partial charge in [-0.25, -0.2) is 17.8 Å². The SMILES string of the molecule is O=S(=O)(N1Cc2c(C3CC3)cccc2N(Cc2cnc[nH]2)[C@@H](CCc2ccc(F)cc2)C1)C(F)(F)F. The maximum absolute atomic E-state index is 13.7. The monoisotopic (exact) mass is 522 g/mol. The molecular formula is C25H26F4N4O2S. The first-order valence-electron chi connectivity index (χ1n) is 11.8. The van der Waals surface area contributed by atoms with Gasteiger partial charge in [0.05, 0.1) is 18.6 Å². The number of nitrogens with zero attached hydrogens (tertiary/aromatic N) is 3. The molecule has 11 heteroatoms. The molecule has 1 saturated carbocycles. The highest BCUT2D eigenvalue weighted by Gasteiger charge is 2.51. The van der Waals surface area contributed by atoms with Gasteiger partial charge in [-0.05, 0) is 66.5 Å². The third kappa shape index (κ3) is 4.99. The molecule has 0 radical (unpaired) electrons. The number of rotatable bonds is 7. The van der Waals surface area contributed by atoms with Gasteiger partial charge in [0.25, 0.3) is 0 Å². The Labute approximate surface area is 207 Å². The fourth-order valence-electron chi connectivity index (χ4n) is 4.91. The number of alkyl halides is 3. The Morgan fingerprint density at radius 2 is 1.83 bits per heavy atom. The summed E-state index contributed by atoms with van der Waals surface area (Å²) in [4.78, 5) is 9.10. The van der Waals surface area contributed by atoms with Crippen LogP contribution in [0.4, 0.5) is 23.2 Å². The molecule has 36 heavy (non-hydrogen) atoms. The Balaban J connectivity index is 1.58. The van der Waals surface area contributed by atoms with Gasteiger partial charge in [0.15, 0.2) is 0 Å². The lowest BCUT2D eigenvalue weighted by molar-refractivity contribution is -0.0492. The number of imidazole rings is 1. The third-order valence-corrected chi connectivity index (χ3v) is 8.45. The molecule has 0 saturated heterocycles. The van der Waals surface area contributed by atoms with Crippen LogP contribution in [0.1, 0.15) is 47.6 Å². The topological polar surface area (TPSA) is 69.3 Å². The molecule has 1 aromatic heterocycles. The smallest absolute Gasteiger partial charge is 0.361 e. The maximum Gasteiger partial charge on any atom is 0.511 e. The van der Waals surface area contributed by atoms with E-state index in [1.165, 1.54) is 18.5 Å². The summed E-state index contributed by atoms with van der Waals surface area (Å²) in [6.07, 6.45) is 5.85.